The molecule has 0 unspecified atom stereocenters. The Morgan fingerprint density at radius 2 is 1.92 bits per heavy atom. The van der Waals surface area contributed by atoms with Crippen molar-refractivity contribution in [3.63, 3.8) is 0 Å². The molecular weight excluding hydrogens is 352 g/mol. The number of hydrogen-bond donors (Lipinski definition) is 2. The van der Waals surface area contributed by atoms with Gasteiger partial charge in [0.1, 0.15) is 5.75 Å². The monoisotopic (exact) mass is 372 g/mol. The van der Waals surface area contributed by atoms with Crippen molar-refractivity contribution in [3.05, 3.63) is 69.8 Å². The SMILES string of the molecule is CCCOc1ccc(CNC(=S)N/N=C\c2ccc([N+](=O)[O-])cc2)cc1. The van der Waals surface area contributed by atoms with Crippen molar-refractivity contribution in [1.82, 2.24) is 10.7 Å². The lowest BCUT2D eigenvalue weighted by Crippen LogP contribution is -2.31. The third-order valence-corrected chi connectivity index (χ3v) is 3.57. The van der Waals surface area contributed by atoms with Crippen molar-refractivity contribution < 1.29 is 9.66 Å². The maximum absolute atomic E-state index is 10.6. The summed E-state index contributed by atoms with van der Waals surface area (Å²) in [6.07, 6.45) is 2.52. The topological polar surface area (TPSA) is 88.8 Å². The molecule has 0 amide bonds. The molecule has 0 heterocycles. The van der Waals surface area contributed by atoms with E-state index in [1.54, 1.807) is 12.1 Å². The number of nitrogens with one attached hydrogen (secondary N) is 2. The van der Waals surface area contributed by atoms with Crippen molar-refractivity contribution in [2.24, 2.45) is 5.10 Å². The van der Waals surface area contributed by atoms with E-state index in [2.05, 4.69) is 22.8 Å². The first-order valence-corrected chi connectivity index (χ1v) is 8.52. The summed E-state index contributed by atoms with van der Waals surface area (Å²) in [4.78, 5) is 10.2. The molecule has 2 N–H and O–H groups in total. The normalized spacial score (nSPS) is 10.5. The third-order valence-electron chi connectivity index (χ3n) is 3.33. The molecular formula is C18H20N4O3S. The number of nitro benzene ring substituents is 1. The van der Waals surface area contributed by atoms with E-state index in [0.29, 0.717) is 18.3 Å². The van der Waals surface area contributed by atoms with Crippen molar-refractivity contribution in [2.45, 2.75) is 19.9 Å². The second kappa shape index (κ2) is 10.1. The van der Waals surface area contributed by atoms with Crippen LogP contribution in [-0.4, -0.2) is 22.9 Å². The van der Waals surface area contributed by atoms with Gasteiger partial charge < -0.3 is 10.1 Å². The van der Waals surface area contributed by atoms with Gasteiger partial charge in [0.25, 0.3) is 5.69 Å². The molecule has 0 radical (unpaired) electrons. The molecule has 8 heteroatoms. The minimum absolute atomic E-state index is 0.0402. The standard InChI is InChI=1S/C18H20N4O3S/c1-2-11-25-17-9-5-14(6-10-17)12-19-18(26)21-20-13-15-3-7-16(8-4-15)22(23)24/h3-10,13H,2,11-12H2,1H3,(H2,19,21,26)/b20-13-. The summed E-state index contributed by atoms with van der Waals surface area (Å²) < 4.78 is 5.54. The zero-order valence-corrected chi connectivity index (χ0v) is 15.2. The van der Waals surface area contributed by atoms with Gasteiger partial charge in [-0.1, -0.05) is 19.1 Å². The zero-order chi connectivity index (χ0) is 18.8. The Morgan fingerprint density at radius 3 is 2.54 bits per heavy atom. The first-order chi connectivity index (χ1) is 12.6. The molecule has 0 bridgehead atoms. The third kappa shape index (κ3) is 6.48. The lowest BCUT2D eigenvalue weighted by atomic mass is 10.2. The van der Waals surface area contributed by atoms with Gasteiger partial charge in [0.2, 0.25) is 0 Å². The number of rotatable bonds is 8. The van der Waals surface area contributed by atoms with Crippen LogP contribution < -0.4 is 15.5 Å². The van der Waals surface area contributed by atoms with Gasteiger partial charge in [-0.15, -0.1) is 0 Å². The maximum atomic E-state index is 10.6. The van der Waals surface area contributed by atoms with Crippen LogP contribution in [0.3, 0.4) is 0 Å². The summed E-state index contributed by atoms with van der Waals surface area (Å²) in [5.41, 5.74) is 4.55. The Morgan fingerprint density at radius 1 is 1.23 bits per heavy atom. The molecule has 0 atom stereocenters. The highest BCUT2D eigenvalue weighted by Gasteiger charge is 2.02. The summed E-state index contributed by atoms with van der Waals surface area (Å²) >= 11 is 5.16. The van der Waals surface area contributed by atoms with Crippen LogP contribution in [0.25, 0.3) is 0 Å². The summed E-state index contributed by atoms with van der Waals surface area (Å²) in [5.74, 6) is 0.851. The number of ether oxygens (including phenoxy) is 1. The van der Waals surface area contributed by atoms with Crippen molar-refractivity contribution in [2.75, 3.05) is 6.61 Å². The van der Waals surface area contributed by atoms with Gasteiger partial charge in [0, 0.05) is 18.7 Å². The van der Waals surface area contributed by atoms with Crippen LogP contribution in [0.15, 0.2) is 53.6 Å². The molecule has 2 aromatic rings. The van der Waals surface area contributed by atoms with E-state index in [1.807, 2.05) is 24.3 Å². The van der Waals surface area contributed by atoms with Gasteiger partial charge in [-0.05, 0) is 54.0 Å². The maximum Gasteiger partial charge on any atom is 0.269 e. The molecule has 2 aromatic carbocycles. The van der Waals surface area contributed by atoms with Gasteiger partial charge in [0.15, 0.2) is 5.11 Å². The van der Waals surface area contributed by atoms with Crippen molar-refractivity contribution >= 4 is 29.2 Å². The van der Waals surface area contributed by atoms with Gasteiger partial charge >= 0.3 is 0 Å². The molecule has 0 fully saturated rings. The van der Waals surface area contributed by atoms with Crippen LogP contribution in [0, 0.1) is 10.1 Å². The number of non-ortho nitro benzene ring substituents is 1. The summed E-state index contributed by atoms with van der Waals surface area (Å²) in [5, 5.41) is 18.0. The molecule has 0 aromatic heterocycles. The van der Waals surface area contributed by atoms with E-state index in [1.165, 1.54) is 18.3 Å². The van der Waals surface area contributed by atoms with E-state index in [9.17, 15) is 10.1 Å². The molecule has 136 valence electrons. The first-order valence-electron chi connectivity index (χ1n) is 8.11. The molecule has 26 heavy (non-hydrogen) atoms. The fourth-order valence-corrected chi connectivity index (χ4v) is 2.12. The number of hydrogen-bond acceptors (Lipinski definition) is 5. The lowest BCUT2D eigenvalue weighted by molar-refractivity contribution is -0.384. The predicted molar refractivity (Wildman–Crippen MR) is 105 cm³/mol. The molecule has 0 aliphatic rings. The second-order valence-corrected chi connectivity index (χ2v) is 5.80. The van der Waals surface area contributed by atoms with Crippen LogP contribution in [0.1, 0.15) is 24.5 Å². The molecule has 0 saturated carbocycles. The fourth-order valence-electron chi connectivity index (χ4n) is 1.99. The van der Waals surface area contributed by atoms with Crippen LogP contribution >= 0.6 is 12.2 Å². The Kier molecular flexibility index (Phi) is 7.50. The first kappa shape index (κ1) is 19.3. The Bertz CT molecular complexity index is 761. The average Bonchev–Trinajstić information content (AvgIpc) is 2.66. The average molecular weight is 372 g/mol. The number of nitro groups is 1. The molecule has 2 rings (SSSR count). The number of benzene rings is 2. The molecule has 0 aliphatic heterocycles. The Balaban J connectivity index is 1.75. The van der Waals surface area contributed by atoms with Crippen molar-refractivity contribution in [1.29, 1.82) is 0 Å². The van der Waals surface area contributed by atoms with Crippen molar-refractivity contribution in [3.8, 4) is 5.75 Å². The highest BCUT2D eigenvalue weighted by molar-refractivity contribution is 7.80. The smallest absolute Gasteiger partial charge is 0.269 e. The van der Waals surface area contributed by atoms with Gasteiger partial charge in [-0.25, -0.2) is 0 Å². The second-order valence-electron chi connectivity index (χ2n) is 5.39. The van der Waals surface area contributed by atoms with Gasteiger partial charge in [-0.3, -0.25) is 15.5 Å². The number of nitrogens with zero attached hydrogens (tertiary/aromatic N) is 2. The van der Waals surface area contributed by atoms with E-state index >= 15 is 0 Å². The summed E-state index contributed by atoms with van der Waals surface area (Å²) in [6.45, 7) is 3.33. The van der Waals surface area contributed by atoms with E-state index in [0.717, 1.165) is 23.3 Å². The number of thiocarbonyl (C=S) groups is 1. The quantitative estimate of drug-likeness (QED) is 0.320. The summed E-state index contributed by atoms with van der Waals surface area (Å²) in [7, 11) is 0. The number of hydrazone groups is 1. The van der Waals surface area contributed by atoms with Crippen LogP contribution in [0.2, 0.25) is 0 Å². The van der Waals surface area contributed by atoms with Gasteiger partial charge in [-0.2, -0.15) is 5.10 Å². The molecule has 0 aliphatic carbocycles. The Hall–Kier alpha value is -3.00. The Labute approximate surface area is 157 Å². The minimum atomic E-state index is -0.444. The minimum Gasteiger partial charge on any atom is -0.494 e. The van der Waals surface area contributed by atoms with Crippen LogP contribution in [0.5, 0.6) is 5.75 Å². The zero-order valence-electron chi connectivity index (χ0n) is 14.3. The predicted octanol–water partition coefficient (Wildman–Crippen LogP) is 3.38. The lowest BCUT2D eigenvalue weighted by Gasteiger charge is -2.08. The molecule has 0 spiro atoms. The van der Waals surface area contributed by atoms with Crippen LogP contribution in [0.4, 0.5) is 5.69 Å². The highest BCUT2D eigenvalue weighted by Crippen LogP contribution is 2.12. The molecule has 7 nitrogen and oxygen atoms in total. The molecule has 0 saturated heterocycles. The van der Waals surface area contributed by atoms with Crippen LogP contribution in [-0.2, 0) is 6.54 Å². The summed E-state index contributed by atoms with van der Waals surface area (Å²) in [6, 6.07) is 13.9. The van der Waals surface area contributed by atoms with Gasteiger partial charge in [0.05, 0.1) is 17.7 Å². The highest BCUT2D eigenvalue weighted by atomic mass is 32.1. The van der Waals surface area contributed by atoms with E-state index in [4.69, 9.17) is 17.0 Å². The largest absolute Gasteiger partial charge is 0.494 e. The fraction of sp³-hybridized carbons (Fsp3) is 0.222. The van der Waals surface area contributed by atoms with E-state index < -0.39 is 4.92 Å². The van der Waals surface area contributed by atoms with E-state index in [-0.39, 0.29) is 5.69 Å².